The highest BCUT2D eigenvalue weighted by atomic mass is 79.9. The third-order valence-corrected chi connectivity index (χ3v) is 4.04. The summed E-state index contributed by atoms with van der Waals surface area (Å²) in [6, 6.07) is 5.71. The number of hydrogen-bond acceptors (Lipinski definition) is 5. The van der Waals surface area contributed by atoms with Crippen LogP contribution >= 0.6 is 15.9 Å². The zero-order valence-corrected chi connectivity index (χ0v) is 13.0. The van der Waals surface area contributed by atoms with Gasteiger partial charge in [0.2, 0.25) is 0 Å². The molecule has 1 unspecified atom stereocenters. The third-order valence-electron chi connectivity index (χ3n) is 3.27. The van der Waals surface area contributed by atoms with E-state index in [4.69, 9.17) is 16.3 Å². The second kappa shape index (κ2) is 6.25. The van der Waals surface area contributed by atoms with Crippen molar-refractivity contribution in [1.82, 2.24) is 15.2 Å². The molecule has 2 aromatic rings. The number of aryl methyl sites for hydroxylation is 1. The fraction of sp³-hybridized carbons (Fsp3) is 0.308. The van der Waals surface area contributed by atoms with Crippen molar-refractivity contribution in [2.75, 3.05) is 12.8 Å². The summed E-state index contributed by atoms with van der Waals surface area (Å²) in [6.45, 7) is 0. The molecule has 1 atom stereocenters. The second-order valence-corrected chi connectivity index (χ2v) is 5.34. The Balaban J connectivity index is 2.29. The van der Waals surface area contributed by atoms with Gasteiger partial charge in [-0.1, -0.05) is 15.9 Å². The van der Waals surface area contributed by atoms with Gasteiger partial charge < -0.3 is 10.5 Å². The molecule has 1 aromatic heterocycles. The van der Waals surface area contributed by atoms with Gasteiger partial charge in [-0.15, -0.1) is 0 Å². The minimum atomic E-state index is -0.118. The van der Waals surface area contributed by atoms with Crippen LogP contribution in [-0.4, -0.2) is 16.9 Å². The highest BCUT2D eigenvalue weighted by Crippen LogP contribution is 2.28. The molecule has 0 spiro atoms. The lowest BCUT2D eigenvalue weighted by Gasteiger charge is -2.17. The molecular weight excluding hydrogens is 322 g/mol. The van der Waals surface area contributed by atoms with Crippen molar-refractivity contribution >= 4 is 21.7 Å². The summed E-state index contributed by atoms with van der Waals surface area (Å²) >= 11 is 3.54. The van der Waals surface area contributed by atoms with Crippen molar-refractivity contribution in [2.45, 2.75) is 12.5 Å². The maximum Gasteiger partial charge on any atom is 0.126 e. The number of methoxy groups -OCH3 is 1. The van der Waals surface area contributed by atoms with Gasteiger partial charge in [0.05, 0.1) is 19.3 Å². The highest BCUT2D eigenvalue weighted by molar-refractivity contribution is 9.10. The van der Waals surface area contributed by atoms with Crippen LogP contribution in [0, 0.1) is 0 Å². The Morgan fingerprint density at radius 2 is 2.25 bits per heavy atom. The van der Waals surface area contributed by atoms with Crippen LogP contribution < -0.4 is 21.7 Å². The predicted octanol–water partition coefficient (Wildman–Crippen LogP) is 1.52. The predicted molar refractivity (Wildman–Crippen MR) is 82.1 cm³/mol. The van der Waals surface area contributed by atoms with E-state index in [1.54, 1.807) is 25.0 Å². The van der Waals surface area contributed by atoms with Crippen molar-refractivity contribution < 1.29 is 4.74 Å². The zero-order chi connectivity index (χ0) is 14.7. The minimum Gasteiger partial charge on any atom is -0.497 e. The highest BCUT2D eigenvalue weighted by Gasteiger charge is 2.18. The molecule has 0 saturated heterocycles. The van der Waals surface area contributed by atoms with Gasteiger partial charge in [-0.3, -0.25) is 16.0 Å². The van der Waals surface area contributed by atoms with Gasteiger partial charge in [-0.05, 0) is 30.2 Å². The Hall–Kier alpha value is -1.57. The van der Waals surface area contributed by atoms with Gasteiger partial charge in [-0.2, -0.15) is 5.10 Å². The van der Waals surface area contributed by atoms with E-state index in [-0.39, 0.29) is 6.04 Å². The van der Waals surface area contributed by atoms with Crippen LogP contribution in [0.1, 0.15) is 17.2 Å². The number of hydrazine groups is 1. The molecule has 0 saturated carbocycles. The average Bonchev–Trinajstić information content (AvgIpc) is 2.78. The lowest BCUT2D eigenvalue weighted by Crippen LogP contribution is -2.30. The number of benzene rings is 1. The summed E-state index contributed by atoms with van der Waals surface area (Å²) in [4.78, 5) is 0. The molecule has 0 fully saturated rings. The molecule has 0 aliphatic rings. The first-order chi connectivity index (χ1) is 9.56. The zero-order valence-electron chi connectivity index (χ0n) is 11.4. The van der Waals surface area contributed by atoms with Crippen molar-refractivity contribution in [3.8, 4) is 5.75 Å². The molecular formula is C13H18BrN5O. The van der Waals surface area contributed by atoms with Crippen LogP contribution in [0.5, 0.6) is 5.75 Å². The quantitative estimate of drug-likeness (QED) is 0.567. The Kier molecular flexibility index (Phi) is 4.64. The first-order valence-corrected chi connectivity index (χ1v) is 6.92. The number of aromatic nitrogens is 2. The van der Waals surface area contributed by atoms with Gasteiger partial charge in [-0.25, -0.2) is 0 Å². The topological polar surface area (TPSA) is 91.1 Å². The van der Waals surface area contributed by atoms with E-state index in [1.165, 1.54) is 0 Å². The largest absolute Gasteiger partial charge is 0.497 e. The normalized spacial score (nSPS) is 12.4. The smallest absolute Gasteiger partial charge is 0.126 e. The number of hydrogen-bond donors (Lipinski definition) is 3. The summed E-state index contributed by atoms with van der Waals surface area (Å²) in [5, 5.41) is 4.14. The van der Waals surface area contributed by atoms with Crippen LogP contribution in [-0.2, 0) is 13.5 Å². The first kappa shape index (κ1) is 14.8. The molecule has 0 radical (unpaired) electrons. The molecule has 7 heteroatoms. The van der Waals surface area contributed by atoms with Gasteiger partial charge in [0, 0.05) is 17.1 Å². The summed E-state index contributed by atoms with van der Waals surface area (Å²) in [6.07, 6.45) is 2.40. The van der Waals surface area contributed by atoms with Gasteiger partial charge in [0.1, 0.15) is 11.6 Å². The van der Waals surface area contributed by atoms with Crippen LogP contribution in [0.3, 0.4) is 0 Å². The van der Waals surface area contributed by atoms with E-state index >= 15 is 0 Å². The Morgan fingerprint density at radius 1 is 1.50 bits per heavy atom. The molecule has 0 aliphatic heterocycles. The number of ether oxygens (including phenoxy) is 1. The van der Waals surface area contributed by atoms with Crippen LogP contribution in [0.4, 0.5) is 5.82 Å². The van der Waals surface area contributed by atoms with Gasteiger partial charge >= 0.3 is 0 Å². The SMILES string of the molecule is COc1ccc(Br)c(CC(NN)c2cnn(C)c2N)c1. The molecule has 1 aromatic carbocycles. The number of rotatable bonds is 5. The molecule has 6 nitrogen and oxygen atoms in total. The maximum absolute atomic E-state index is 6.00. The molecule has 1 heterocycles. The second-order valence-electron chi connectivity index (χ2n) is 4.49. The van der Waals surface area contributed by atoms with Crippen molar-refractivity contribution in [2.24, 2.45) is 12.9 Å². The van der Waals surface area contributed by atoms with Crippen molar-refractivity contribution in [1.29, 1.82) is 0 Å². The van der Waals surface area contributed by atoms with Crippen LogP contribution in [0.2, 0.25) is 0 Å². The lowest BCUT2D eigenvalue weighted by atomic mass is 10.0. The third kappa shape index (κ3) is 2.95. The van der Waals surface area contributed by atoms with Crippen LogP contribution in [0.25, 0.3) is 0 Å². The molecule has 2 rings (SSSR count). The monoisotopic (exact) mass is 339 g/mol. The Morgan fingerprint density at radius 3 is 2.80 bits per heavy atom. The average molecular weight is 340 g/mol. The van der Waals surface area contributed by atoms with E-state index in [1.807, 2.05) is 18.2 Å². The number of nitrogens with one attached hydrogen (secondary N) is 1. The fourth-order valence-corrected chi connectivity index (χ4v) is 2.45. The van der Waals surface area contributed by atoms with Crippen LogP contribution in [0.15, 0.2) is 28.9 Å². The molecule has 0 aliphatic carbocycles. The molecule has 20 heavy (non-hydrogen) atoms. The first-order valence-electron chi connectivity index (χ1n) is 6.12. The maximum atomic E-state index is 6.00. The summed E-state index contributed by atoms with van der Waals surface area (Å²) in [5.74, 6) is 7.07. The van der Waals surface area contributed by atoms with Crippen molar-refractivity contribution in [3.05, 3.63) is 40.0 Å². The molecule has 0 amide bonds. The summed E-state index contributed by atoms with van der Waals surface area (Å²) in [5.41, 5.74) is 10.7. The Bertz CT molecular complexity index is 598. The standard InChI is InChI=1S/C13H18BrN5O/c1-19-13(15)10(7-17-19)12(18-16)6-8-5-9(20-2)3-4-11(8)14/h3-5,7,12,18H,6,15-16H2,1-2H3. The number of nitrogens with two attached hydrogens (primary N) is 2. The van der Waals surface area contributed by atoms with E-state index in [0.717, 1.165) is 21.3 Å². The number of nitrogen functional groups attached to an aromatic ring is 1. The Labute approximate surface area is 126 Å². The number of anilines is 1. The fourth-order valence-electron chi connectivity index (χ4n) is 2.05. The number of nitrogens with zero attached hydrogens (tertiary/aromatic N) is 2. The van der Waals surface area contributed by atoms with E-state index < -0.39 is 0 Å². The van der Waals surface area contributed by atoms with Gasteiger partial charge in [0.15, 0.2) is 0 Å². The van der Waals surface area contributed by atoms with Crippen molar-refractivity contribution in [3.63, 3.8) is 0 Å². The molecule has 0 bridgehead atoms. The van der Waals surface area contributed by atoms with E-state index in [0.29, 0.717) is 12.2 Å². The molecule has 5 N–H and O–H groups in total. The lowest BCUT2D eigenvalue weighted by molar-refractivity contribution is 0.413. The summed E-state index contributed by atoms with van der Waals surface area (Å²) in [7, 11) is 3.44. The minimum absolute atomic E-state index is 0.118. The summed E-state index contributed by atoms with van der Waals surface area (Å²) < 4.78 is 7.87. The number of halogens is 1. The molecule has 108 valence electrons. The van der Waals surface area contributed by atoms with Gasteiger partial charge in [0.25, 0.3) is 0 Å². The van der Waals surface area contributed by atoms with E-state index in [2.05, 4.69) is 26.5 Å². The van der Waals surface area contributed by atoms with E-state index in [9.17, 15) is 0 Å².